The molecule has 3 fully saturated rings. The van der Waals surface area contributed by atoms with Gasteiger partial charge in [0.05, 0.1) is 17.7 Å². The Balaban J connectivity index is 1.14. The van der Waals surface area contributed by atoms with Gasteiger partial charge in [-0.1, -0.05) is 17.7 Å². The van der Waals surface area contributed by atoms with E-state index in [4.69, 9.17) is 15.0 Å². The molecule has 1 aliphatic carbocycles. The molecular formula is C33H36N4O4S. The Labute approximate surface area is 250 Å². The van der Waals surface area contributed by atoms with Crippen molar-refractivity contribution in [1.82, 2.24) is 9.88 Å². The molecule has 42 heavy (non-hydrogen) atoms. The number of rotatable bonds is 7. The van der Waals surface area contributed by atoms with Gasteiger partial charge in [0.25, 0.3) is 5.91 Å². The first-order valence-corrected chi connectivity index (χ1v) is 15.6. The maximum atomic E-state index is 13.0. The highest BCUT2D eigenvalue weighted by molar-refractivity contribution is 7.14. The van der Waals surface area contributed by atoms with Crippen molar-refractivity contribution >= 4 is 28.3 Å². The lowest BCUT2D eigenvalue weighted by Crippen LogP contribution is -2.44. The molecule has 218 valence electrons. The zero-order chi connectivity index (χ0) is 29.4. The molecule has 1 aromatic heterocycles. The van der Waals surface area contributed by atoms with Gasteiger partial charge < -0.3 is 19.6 Å². The summed E-state index contributed by atoms with van der Waals surface area (Å²) in [4.78, 5) is 33.9. The Bertz CT molecular complexity index is 1520. The highest BCUT2D eigenvalue weighted by atomic mass is 32.1. The van der Waals surface area contributed by atoms with Crippen LogP contribution in [0.3, 0.4) is 0 Å². The van der Waals surface area contributed by atoms with Crippen LogP contribution in [0.2, 0.25) is 0 Å². The van der Waals surface area contributed by atoms with Crippen molar-refractivity contribution in [3.05, 3.63) is 64.0 Å². The molecule has 3 heterocycles. The predicted molar refractivity (Wildman–Crippen MR) is 162 cm³/mol. The number of likely N-dealkylation sites (tertiary alicyclic amines) is 1. The van der Waals surface area contributed by atoms with Gasteiger partial charge in [0.1, 0.15) is 12.4 Å². The number of anilines is 1. The fourth-order valence-corrected chi connectivity index (χ4v) is 7.67. The fraction of sp³-hybridized carbons (Fsp3) is 0.455. The maximum Gasteiger partial charge on any atom is 0.307 e. The highest BCUT2D eigenvalue weighted by Crippen LogP contribution is 2.44. The van der Waals surface area contributed by atoms with Crippen molar-refractivity contribution in [2.75, 3.05) is 31.1 Å². The number of hydrogen-bond donors (Lipinski definition) is 1. The molecule has 1 amide bonds. The number of aromatic nitrogens is 1. The summed E-state index contributed by atoms with van der Waals surface area (Å²) < 4.78 is 6.35. The van der Waals surface area contributed by atoms with Crippen LogP contribution in [0.1, 0.15) is 52.7 Å². The number of ether oxygens (including phenoxy) is 1. The number of carbonyl (C=O) groups excluding carboxylic acids is 1. The zero-order valence-corrected chi connectivity index (χ0v) is 24.9. The summed E-state index contributed by atoms with van der Waals surface area (Å²) >= 11 is 1.60. The number of nitrogens with zero attached hydrogens (tertiary/aromatic N) is 4. The van der Waals surface area contributed by atoms with Crippen LogP contribution in [0, 0.1) is 48.9 Å². The molecule has 8 nitrogen and oxygen atoms in total. The van der Waals surface area contributed by atoms with Gasteiger partial charge in [-0.25, -0.2) is 4.98 Å². The van der Waals surface area contributed by atoms with E-state index in [1.807, 2.05) is 42.2 Å². The van der Waals surface area contributed by atoms with E-state index in [9.17, 15) is 14.7 Å². The molecule has 9 heteroatoms. The van der Waals surface area contributed by atoms with E-state index in [1.165, 1.54) is 0 Å². The number of fused-ring (bicyclic) bond motifs is 2. The van der Waals surface area contributed by atoms with E-state index in [2.05, 4.69) is 29.3 Å². The molecule has 2 saturated heterocycles. The molecule has 6 rings (SSSR count). The lowest BCUT2D eigenvalue weighted by molar-refractivity contribution is -0.144. The van der Waals surface area contributed by atoms with Gasteiger partial charge in [0.2, 0.25) is 0 Å². The number of amides is 1. The number of nitriles is 1. The van der Waals surface area contributed by atoms with Crippen LogP contribution in [0.25, 0.3) is 11.3 Å². The summed E-state index contributed by atoms with van der Waals surface area (Å²) in [6.45, 7) is 7.15. The molecule has 2 aliphatic heterocycles. The Morgan fingerprint density at radius 2 is 1.81 bits per heavy atom. The number of thiazole rings is 1. The molecular weight excluding hydrogens is 548 g/mol. The Morgan fingerprint density at radius 1 is 1.07 bits per heavy atom. The lowest BCUT2D eigenvalue weighted by Gasteiger charge is -2.35. The SMILES string of the molecule is Cc1ccc(OCc2ccc(C(=O)N3CCC(C#N)CC3)cc2C)c(-c2csc(N3CC4CC[C@H](C3)C4C(=O)O)n2)c1. The standard InChI is InChI=1S/C33H36N4O4S/c1-20-3-8-29(41-18-26-7-4-23(14-21(26)2)31(38)36-11-9-22(15-34)10-12-36)27(13-20)28-19-42-33(35-28)37-16-24-5-6-25(17-37)30(24)32(39)40/h3-4,7-8,13-14,19,22,24-25,30H,5-6,9-12,16-18H2,1-2H3,(H,39,40)/t24-,25?,30?/m1/s1. The monoisotopic (exact) mass is 584 g/mol. The zero-order valence-electron chi connectivity index (χ0n) is 24.1. The van der Waals surface area contributed by atoms with E-state index in [0.29, 0.717) is 25.3 Å². The van der Waals surface area contributed by atoms with Crippen molar-refractivity contribution in [2.45, 2.75) is 46.1 Å². The first kappa shape index (κ1) is 28.2. The van der Waals surface area contributed by atoms with Crippen molar-refractivity contribution in [1.29, 1.82) is 5.26 Å². The van der Waals surface area contributed by atoms with Crippen LogP contribution in [0.5, 0.6) is 5.75 Å². The third-order valence-corrected chi connectivity index (χ3v) is 10.1. The Kier molecular flexibility index (Phi) is 7.91. The molecule has 0 spiro atoms. The van der Waals surface area contributed by atoms with E-state index in [-0.39, 0.29) is 29.6 Å². The topological polar surface area (TPSA) is 107 Å². The first-order valence-electron chi connectivity index (χ1n) is 14.8. The molecule has 2 aromatic carbocycles. The lowest BCUT2D eigenvalue weighted by atomic mass is 9.85. The maximum absolute atomic E-state index is 13.0. The second-order valence-electron chi connectivity index (χ2n) is 12.0. The molecule has 1 N–H and O–H groups in total. The van der Waals surface area contributed by atoms with Crippen molar-refractivity contribution in [3.63, 3.8) is 0 Å². The minimum atomic E-state index is -0.656. The number of carboxylic acid groups (broad SMARTS) is 1. The summed E-state index contributed by atoms with van der Waals surface area (Å²) in [6.07, 6.45) is 3.41. The average Bonchev–Trinajstić information content (AvgIpc) is 3.59. The predicted octanol–water partition coefficient (Wildman–Crippen LogP) is 5.93. The Morgan fingerprint density at radius 3 is 2.48 bits per heavy atom. The van der Waals surface area contributed by atoms with E-state index in [0.717, 1.165) is 77.6 Å². The molecule has 3 aromatic rings. The van der Waals surface area contributed by atoms with Gasteiger partial charge in [0, 0.05) is 48.6 Å². The van der Waals surface area contributed by atoms with Crippen LogP contribution in [-0.2, 0) is 11.4 Å². The molecule has 2 bridgehead atoms. The summed E-state index contributed by atoms with van der Waals surface area (Å²) in [5, 5.41) is 21.8. The summed E-state index contributed by atoms with van der Waals surface area (Å²) in [5.74, 6) is 0.305. The third kappa shape index (κ3) is 5.60. The molecule has 3 atom stereocenters. The smallest absolute Gasteiger partial charge is 0.307 e. The summed E-state index contributed by atoms with van der Waals surface area (Å²) in [5.41, 5.74) is 5.59. The number of aryl methyl sites for hydroxylation is 2. The minimum absolute atomic E-state index is 0.0160. The molecule has 3 aliphatic rings. The summed E-state index contributed by atoms with van der Waals surface area (Å²) in [7, 11) is 0. The Hall–Kier alpha value is -3.90. The third-order valence-electron chi connectivity index (χ3n) is 9.23. The van der Waals surface area contributed by atoms with E-state index in [1.54, 1.807) is 11.3 Å². The van der Waals surface area contributed by atoms with Crippen LogP contribution in [0.4, 0.5) is 5.13 Å². The van der Waals surface area contributed by atoms with E-state index < -0.39 is 5.97 Å². The van der Waals surface area contributed by atoms with Crippen molar-refractivity contribution in [3.8, 4) is 23.1 Å². The minimum Gasteiger partial charge on any atom is -0.488 e. The first-order chi connectivity index (χ1) is 20.3. The number of carboxylic acids is 1. The van der Waals surface area contributed by atoms with Crippen molar-refractivity contribution < 1.29 is 19.4 Å². The van der Waals surface area contributed by atoms with Gasteiger partial charge >= 0.3 is 5.97 Å². The highest BCUT2D eigenvalue weighted by Gasteiger charge is 2.46. The largest absolute Gasteiger partial charge is 0.488 e. The van der Waals surface area contributed by atoms with Crippen LogP contribution >= 0.6 is 11.3 Å². The van der Waals surface area contributed by atoms with Crippen LogP contribution in [-0.4, -0.2) is 53.0 Å². The van der Waals surface area contributed by atoms with Gasteiger partial charge in [0.15, 0.2) is 5.13 Å². The van der Waals surface area contributed by atoms with Gasteiger partial charge in [-0.2, -0.15) is 5.26 Å². The van der Waals surface area contributed by atoms with Gasteiger partial charge in [-0.05, 0) is 86.8 Å². The van der Waals surface area contributed by atoms with Gasteiger partial charge in [-0.15, -0.1) is 11.3 Å². The number of hydrogen-bond acceptors (Lipinski definition) is 7. The van der Waals surface area contributed by atoms with Gasteiger partial charge in [-0.3, -0.25) is 9.59 Å². The molecule has 2 unspecified atom stereocenters. The number of piperidine rings is 2. The number of aliphatic carboxylic acids is 1. The normalized spacial score (nSPS) is 22.2. The average molecular weight is 585 g/mol. The second kappa shape index (κ2) is 11.8. The second-order valence-corrected chi connectivity index (χ2v) is 12.8. The fourth-order valence-electron chi connectivity index (χ4n) is 6.83. The molecule has 0 radical (unpaired) electrons. The quantitative estimate of drug-likeness (QED) is 0.367. The van der Waals surface area contributed by atoms with Crippen molar-refractivity contribution in [2.24, 2.45) is 23.7 Å². The molecule has 1 saturated carbocycles. The van der Waals surface area contributed by atoms with Crippen LogP contribution in [0.15, 0.2) is 41.8 Å². The van der Waals surface area contributed by atoms with E-state index >= 15 is 0 Å². The summed E-state index contributed by atoms with van der Waals surface area (Å²) in [6, 6.07) is 14.2. The number of benzene rings is 2. The number of carbonyl (C=O) groups is 2. The van der Waals surface area contributed by atoms with Crippen LogP contribution < -0.4 is 9.64 Å².